The molecule has 1 saturated carbocycles. The van der Waals surface area contributed by atoms with E-state index in [-0.39, 0.29) is 16.9 Å². The third-order valence-corrected chi connectivity index (χ3v) is 3.10. The molecule has 0 saturated heterocycles. The van der Waals surface area contributed by atoms with E-state index in [0.717, 1.165) is 18.9 Å². The molecule has 6 heteroatoms. The van der Waals surface area contributed by atoms with Gasteiger partial charge in [-0.15, -0.1) is 0 Å². The lowest BCUT2D eigenvalue weighted by Gasteiger charge is -2.16. The van der Waals surface area contributed by atoms with Crippen LogP contribution in [0, 0.1) is 6.92 Å². The van der Waals surface area contributed by atoms with E-state index in [1.165, 1.54) is 13.0 Å². The predicted octanol–water partition coefficient (Wildman–Crippen LogP) is 1.57. The lowest BCUT2D eigenvalue weighted by atomic mass is 9.74. The van der Waals surface area contributed by atoms with Crippen LogP contribution in [-0.2, 0) is 6.18 Å². The van der Waals surface area contributed by atoms with Crippen molar-refractivity contribution in [1.82, 2.24) is 0 Å². The fraction of sp³-hybridized carbons (Fsp3) is 0.455. The van der Waals surface area contributed by atoms with Crippen molar-refractivity contribution in [3.63, 3.8) is 0 Å². The fourth-order valence-corrected chi connectivity index (χ4v) is 1.97. The normalized spacial score (nSPS) is 16.1. The largest absolute Gasteiger partial charge is 0.488 e. The number of rotatable bonds is 2. The highest BCUT2D eigenvalue weighted by atomic mass is 19.4. The Morgan fingerprint density at radius 1 is 1.24 bits per heavy atom. The summed E-state index contributed by atoms with van der Waals surface area (Å²) in [5, 5.41) is 18.2. The molecule has 1 aromatic rings. The summed E-state index contributed by atoms with van der Waals surface area (Å²) < 4.78 is 38.4. The van der Waals surface area contributed by atoms with Crippen LogP contribution in [0.1, 0.15) is 35.4 Å². The molecule has 0 unspecified atom stereocenters. The van der Waals surface area contributed by atoms with Gasteiger partial charge < -0.3 is 10.0 Å². The maximum atomic E-state index is 12.8. The molecule has 1 aliphatic carbocycles. The molecular formula is C11H12BF3O2. The van der Waals surface area contributed by atoms with Crippen LogP contribution < -0.4 is 5.46 Å². The van der Waals surface area contributed by atoms with Crippen LogP contribution in [0.2, 0.25) is 0 Å². The smallest absolute Gasteiger partial charge is 0.423 e. The van der Waals surface area contributed by atoms with Crippen molar-refractivity contribution in [1.29, 1.82) is 0 Å². The first-order chi connectivity index (χ1) is 7.80. The van der Waals surface area contributed by atoms with Gasteiger partial charge in [-0.05, 0) is 48.3 Å². The Kier molecular flexibility index (Phi) is 2.95. The molecule has 2 N–H and O–H groups in total. The molecule has 0 heterocycles. The second-order valence-corrected chi connectivity index (χ2v) is 4.43. The van der Waals surface area contributed by atoms with Gasteiger partial charge in [-0.3, -0.25) is 0 Å². The van der Waals surface area contributed by atoms with Crippen LogP contribution in [0.25, 0.3) is 0 Å². The van der Waals surface area contributed by atoms with Crippen molar-refractivity contribution < 1.29 is 23.2 Å². The second kappa shape index (κ2) is 4.03. The molecular weight excluding hydrogens is 232 g/mol. The molecule has 0 spiro atoms. The molecule has 1 aliphatic rings. The average molecular weight is 244 g/mol. The van der Waals surface area contributed by atoms with Crippen LogP contribution in [0.15, 0.2) is 12.1 Å². The van der Waals surface area contributed by atoms with Crippen LogP contribution >= 0.6 is 0 Å². The molecule has 17 heavy (non-hydrogen) atoms. The van der Waals surface area contributed by atoms with Gasteiger partial charge in [0, 0.05) is 0 Å². The summed E-state index contributed by atoms with van der Waals surface area (Å²) in [5.74, 6) is 0.134. The lowest BCUT2D eigenvalue weighted by Crippen LogP contribution is -2.34. The first-order valence-corrected chi connectivity index (χ1v) is 5.38. The van der Waals surface area contributed by atoms with Crippen LogP contribution in [0.5, 0.6) is 0 Å². The standard InChI is InChI=1S/C11H12BF3O2/c1-6-9(11(13,14)15)4-8(7-2-3-7)5-10(6)12(16)17/h4-5,7,16-17H,2-3H2,1H3. The van der Waals surface area contributed by atoms with Crippen molar-refractivity contribution in [2.75, 3.05) is 0 Å². The number of halogens is 3. The van der Waals surface area contributed by atoms with Gasteiger partial charge in [-0.2, -0.15) is 13.2 Å². The Labute approximate surface area is 97.2 Å². The zero-order valence-electron chi connectivity index (χ0n) is 9.25. The molecule has 0 radical (unpaired) electrons. The van der Waals surface area contributed by atoms with Gasteiger partial charge in [0.25, 0.3) is 0 Å². The Hall–Kier alpha value is -1.01. The molecule has 0 bridgehead atoms. The van der Waals surface area contributed by atoms with E-state index >= 15 is 0 Å². The summed E-state index contributed by atoms with van der Waals surface area (Å²) >= 11 is 0. The third-order valence-electron chi connectivity index (χ3n) is 3.10. The van der Waals surface area contributed by atoms with Gasteiger partial charge in [0.15, 0.2) is 0 Å². The summed E-state index contributed by atoms with van der Waals surface area (Å²) in [4.78, 5) is 0. The maximum Gasteiger partial charge on any atom is 0.488 e. The molecule has 92 valence electrons. The lowest BCUT2D eigenvalue weighted by molar-refractivity contribution is -0.138. The van der Waals surface area contributed by atoms with Gasteiger partial charge in [-0.25, -0.2) is 0 Å². The SMILES string of the molecule is Cc1c(B(O)O)cc(C2CC2)cc1C(F)(F)F. The minimum absolute atomic E-state index is 0.0540. The summed E-state index contributed by atoms with van der Waals surface area (Å²) in [6.07, 6.45) is -2.73. The van der Waals surface area contributed by atoms with Crippen molar-refractivity contribution in [2.45, 2.75) is 31.9 Å². The Balaban J connectivity index is 2.57. The Morgan fingerprint density at radius 2 is 1.82 bits per heavy atom. The number of alkyl halides is 3. The minimum Gasteiger partial charge on any atom is -0.423 e. The summed E-state index contributed by atoms with van der Waals surface area (Å²) in [7, 11) is -1.87. The fourth-order valence-electron chi connectivity index (χ4n) is 1.97. The Morgan fingerprint density at radius 3 is 2.24 bits per heavy atom. The minimum atomic E-state index is -4.46. The molecule has 1 aromatic carbocycles. The van der Waals surface area contributed by atoms with E-state index in [9.17, 15) is 13.2 Å². The van der Waals surface area contributed by atoms with Gasteiger partial charge in [0.05, 0.1) is 5.56 Å². The van der Waals surface area contributed by atoms with Crippen LogP contribution in [0.4, 0.5) is 13.2 Å². The van der Waals surface area contributed by atoms with Crippen molar-refractivity contribution in [2.24, 2.45) is 0 Å². The maximum absolute atomic E-state index is 12.8. The third kappa shape index (κ3) is 2.47. The molecule has 0 atom stereocenters. The van der Waals surface area contributed by atoms with Crippen LogP contribution in [0.3, 0.4) is 0 Å². The zero-order valence-corrected chi connectivity index (χ0v) is 9.25. The van der Waals surface area contributed by atoms with E-state index in [2.05, 4.69) is 0 Å². The Bertz CT molecular complexity index is 439. The summed E-state index contributed by atoms with van der Waals surface area (Å²) in [6, 6.07) is 2.59. The topological polar surface area (TPSA) is 40.5 Å². The summed E-state index contributed by atoms with van der Waals surface area (Å²) in [5.41, 5.74) is -0.394. The highest BCUT2D eigenvalue weighted by Gasteiger charge is 2.36. The molecule has 0 aromatic heterocycles. The van der Waals surface area contributed by atoms with Gasteiger partial charge in [0.1, 0.15) is 0 Å². The number of hydrogen-bond acceptors (Lipinski definition) is 2. The average Bonchev–Trinajstić information content (AvgIpc) is 2.99. The van der Waals surface area contributed by atoms with Crippen LogP contribution in [-0.4, -0.2) is 17.2 Å². The van der Waals surface area contributed by atoms with E-state index in [1.54, 1.807) is 0 Å². The van der Waals surface area contributed by atoms with Crippen molar-refractivity contribution in [3.05, 3.63) is 28.8 Å². The van der Waals surface area contributed by atoms with E-state index in [0.29, 0.717) is 5.56 Å². The first-order valence-electron chi connectivity index (χ1n) is 5.38. The van der Waals surface area contributed by atoms with Gasteiger partial charge in [0.2, 0.25) is 0 Å². The summed E-state index contributed by atoms with van der Waals surface area (Å²) in [6.45, 7) is 1.26. The first kappa shape index (κ1) is 12.5. The molecule has 0 amide bonds. The zero-order chi connectivity index (χ0) is 12.8. The van der Waals surface area contributed by atoms with Crippen molar-refractivity contribution in [3.8, 4) is 0 Å². The van der Waals surface area contributed by atoms with Gasteiger partial charge in [-0.1, -0.05) is 6.07 Å². The van der Waals surface area contributed by atoms with E-state index in [1.807, 2.05) is 0 Å². The number of hydrogen-bond donors (Lipinski definition) is 2. The van der Waals surface area contributed by atoms with Crippen molar-refractivity contribution >= 4 is 12.6 Å². The highest BCUT2D eigenvalue weighted by Crippen LogP contribution is 2.42. The molecule has 2 nitrogen and oxygen atoms in total. The quantitative estimate of drug-likeness (QED) is 0.775. The molecule has 0 aliphatic heterocycles. The monoisotopic (exact) mass is 244 g/mol. The number of benzene rings is 1. The molecule has 2 rings (SSSR count). The highest BCUT2D eigenvalue weighted by molar-refractivity contribution is 6.59. The predicted molar refractivity (Wildman–Crippen MR) is 58.0 cm³/mol. The van der Waals surface area contributed by atoms with E-state index < -0.39 is 18.9 Å². The second-order valence-electron chi connectivity index (χ2n) is 4.43. The van der Waals surface area contributed by atoms with E-state index in [4.69, 9.17) is 10.0 Å². The van der Waals surface area contributed by atoms with Gasteiger partial charge >= 0.3 is 13.3 Å². The molecule has 1 fully saturated rings.